The second kappa shape index (κ2) is 7.90. The van der Waals surface area contributed by atoms with Gasteiger partial charge < -0.3 is 9.88 Å². The molecule has 1 unspecified atom stereocenters. The third-order valence-electron chi connectivity index (χ3n) is 4.09. The molecule has 0 saturated carbocycles. The van der Waals surface area contributed by atoms with Gasteiger partial charge in [0.25, 0.3) is 0 Å². The van der Waals surface area contributed by atoms with Crippen molar-refractivity contribution in [1.29, 1.82) is 0 Å². The third-order valence-corrected chi connectivity index (χ3v) is 6.09. The number of rotatable bonds is 6. The molecule has 0 radical (unpaired) electrons. The van der Waals surface area contributed by atoms with Gasteiger partial charge in [0.2, 0.25) is 15.9 Å². The molecule has 0 aliphatic rings. The molecule has 3 aromatic rings. The number of benzene rings is 2. The van der Waals surface area contributed by atoms with Gasteiger partial charge in [0, 0.05) is 12.2 Å². The van der Waals surface area contributed by atoms with Gasteiger partial charge in [-0.2, -0.15) is 0 Å². The van der Waals surface area contributed by atoms with Crippen molar-refractivity contribution >= 4 is 44.4 Å². The first kappa shape index (κ1) is 20.3. The molecule has 28 heavy (non-hydrogen) atoms. The van der Waals surface area contributed by atoms with Gasteiger partial charge in [-0.15, -0.1) is 0 Å². The van der Waals surface area contributed by atoms with E-state index in [1.54, 1.807) is 13.0 Å². The number of nitrogens with zero attached hydrogens (tertiary/aromatic N) is 2. The Morgan fingerprint density at radius 1 is 1.29 bits per heavy atom. The Morgan fingerprint density at radius 3 is 2.57 bits per heavy atom. The first-order valence-corrected chi connectivity index (χ1v) is 10.9. The van der Waals surface area contributed by atoms with Crippen LogP contribution in [0, 0.1) is 5.82 Å². The van der Waals surface area contributed by atoms with Crippen LogP contribution in [0.5, 0.6) is 0 Å². The number of amides is 1. The molecular weight excluding hydrogens is 403 g/mol. The quantitative estimate of drug-likeness (QED) is 0.594. The molecule has 2 aromatic carbocycles. The first-order chi connectivity index (χ1) is 13.2. The van der Waals surface area contributed by atoms with Gasteiger partial charge in [-0.05, 0) is 56.3 Å². The average molecular weight is 423 g/mol. The number of imidazole rings is 1. The summed E-state index contributed by atoms with van der Waals surface area (Å²) in [6.45, 7) is 4.26. The molecular formula is C18H19FN4O3S2. The molecule has 1 amide bonds. The predicted octanol–water partition coefficient (Wildman–Crippen LogP) is 2.96. The lowest BCUT2D eigenvalue weighted by Crippen LogP contribution is -2.22. The minimum absolute atomic E-state index is 0.0144. The van der Waals surface area contributed by atoms with Crippen LogP contribution in [0.2, 0.25) is 0 Å². The number of fused-ring (bicyclic) bond motifs is 1. The van der Waals surface area contributed by atoms with Crippen LogP contribution in [0.3, 0.4) is 0 Å². The number of halogens is 1. The Kier molecular flexibility index (Phi) is 5.73. The number of nitrogens with two attached hydrogens (primary N) is 1. The predicted molar refractivity (Wildman–Crippen MR) is 107 cm³/mol. The van der Waals surface area contributed by atoms with Gasteiger partial charge in [-0.25, -0.2) is 22.9 Å². The number of hydrogen-bond donors (Lipinski definition) is 2. The monoisotopic (exact) mass is 422 g/mol. The zero-order valence-electron chi connectivity index (χ0n) is 15.2. The van der Waals surface area contributed by atoms with Crippen molar-refractivity contribution in [2.24, 2.45) is 5.14 Å². The molecule has 0 saturated heterocycles. The van der Waals surface area contributed by atoms with Gasteiger partial charge in [0.15, 0.2) is 5.16 Å². The van der Waals surface area contributed by atoms with E-state index in [1.807, 2.05) is 11.5 Å². The summed E-state index contributed by atoms with van der Waals surface area (Å²) in [4.78, 5) is 16.9. The highest BCUT2D eigenvalue weighted by molar-refractivity contribution is 8.00. The van der Waals surface area contributed by atoms with E-state index in [-0.39, 0.29) is 16.6 Å². The van der Waals surface area contributed by atoms with E-state index in [0.717, 1.165) is 5.52 Å². The highest BCUT2D eigenvalue weighted by Gasteiger charge is 2.20. The fourth-order valence-corrected chi connectivity index (χ4v) is 4.17. The van der Waals surface area contributed by atoms with Crippen molar-refractivity contribution in [3.8, 4) is 0 Å². The Hall–Kier alpha value is -2.43. The van der Waals surface area contributed by atoms with Gasteiger partial charge in [0.1, 0.15) is 5.82 Å². The molecule has 1 atom stereocenters. The van der Waals surface area contributed by atoms with Crippen LogP contribution >= 0.6 is 11.8 Å². The summed E-state index contributed by atoms with van der Waals surface area (Å²) in [6, 6.07) is 10.0. The molecule has 7 nitrogen and oxygen atoms in total. The van der Waals surface area contributed by atoms with Crippen LogP contribution in [-0.2, 0) is 21.4 Å². The summed E-state index contributed by atoms with van der Waals surface area (Å²) >= 11 is 1.25. The molecule has 0 bridgehead atoms. The highest BCUT2D eigenvalue weighted by Crippen LogP contribution is 2.29. The van der Waals surface area contributed by atoms with Gasteiger partial charge >= 0.3 is 0 Å². The summed E-state index contributed by atoms with van der Waals surface area (Å²) in [5, 5.41) is 8.02. The summed E-state index contributed by atoms with van der Waals surface area (Å²) in [5.41, 5.74) is 1.74. The molecule has 0 aliphatic heterocycles. The second-order valence-corrected chi connectivity index (χ2v) is 8.96. The molecule has 1 heterocycles. The Balaban J connectivity index is 1.84. The number of primary sulfonamides is 1. The zero-order valence-corrected chi connectivity index (χ0v) is 16.8. The minimum Gasteiger partial charge on any atom is -0.325 e. The maximum Gasteiger partial charge on any atom is 0.238 e. The van der Waals surface area contributed by atoms with Gasteiger partial charge in [-0.3, -0.25) is 4.79 Å². The molecule has 0 spiro atoms. The first-order valence-electron chi connectivity index (χ1n) is 8.45. The van der Waals surface area contributed by atoms with E-state index in [9.17, 15) is 17.6 Å². The van der Waals surface area contributed by atoms with E-state index < -0.39 is 15.3 Å². The Bertz CT molecular complexity index is 1130. The smallest absolute Gasteiger partial charge is 0.238 e. The number of aryl methyl sites for hydroxylation is 1. The van der Waals surface area contributed by atoms with Crippen molar-refractivity contribution in [1.82, 2.24) is 9.55 Å². The lowest BCUT2D eigenvalue weighted by Gasteiger charge is -2.12. The van der Waals surface area contributed by atoms with Gasteiger partial charge in [-0.1, -0.05) is 11.8 Å². The van der Waals surface area contributed by atoms with Crippen molar-refractivity contribution in [2.75, 3.05) is 5.32 Å². The summed E-state index contributed by atoms with van der Waals surface area (Å²) < 4.78 is 38.0. The molecule has 0 aliphatic carbocycles. The largest absolute Gasteiger partial charge is 0.325 e. The fraction of sp³-hybridized carbons (Fsp3) is 0.222. The van der Waals surface area contributed by atoms with Crippen molar-refractivity contribution < 1.29 is 17.6 Å². The number of aromatic nitrogens is 2. The van der Waals surface area contributed by atoms with E-state index in [2.05, 4.69) is 10.3 Å². The van der Waals surface area contributed by atoms with E-state index in [1.165, 1.54) is 48.2 Å². The third kappa shape index (κ3) is 4.34. The Morgan fingerprint density at radius 2 is 1.96 bits per heavy atom. The van der Waals surface area contributed by atoms with E-state index in [0.29, 0.717) is 22.9 Å². The lowest BCUT2D eigenvalue weighted by molar-refractivity contribution is -0.115. The molecule has 1 aromatic heterocycles. The normalized spacial score (nSPS) is 12.9. The zero-order chi connectivity index (χ0) is 20.5. The number of sulfonamides is 1. The van der Waals surface area contributed by atoms with Gasteiger partial charge in [0.05, 0.1) is 21.2 Å². The number of anilines is 1. The summed E-state index contributed by atoms with van der Waals surface area (Å²) in [5.74, 6) is -0.632. The Labute approximate surface area is 166 Å². The number of carbonyl (C=O) groups excluding carboxylic acids is 1. The SMILES string of the molecule is CCn1c(SC(C)C(=O)Nc2ccc(F)cc2)nc2cc(S(N)(=O)=O)ccc21. The summed E-state index contributed by atoms with van der Waals surface area (Å²) in [6.07, 6.45) is 0. The molecule has 3 rings (SSSR count). The standard InChI is InChI=1S/C18H19FN4O3S2/c1-3-23-16-9-8-14(28(20,25)26)10-15(16)22-18(23)27-11(2)17(24)21-13-6-4-12(19)5-7-13/h4-11H,3H2,1-2H3,(H,21,24)(H2,20,25,26). The second-order valence-electron chi connectivity index (χ2n) is 6.09. The number of thioether (sulfide) groups is 1. The number of hydrogen-bond acceptors (Lipinski definition) is 5. The maximum absolute atomic E-state index is 13.0. The molecule has 3 N–H and O–H groups in total. The topological polar surface area (TPSA) is 107 Å². The number of nitrogens with one attached hydrogen (secondary N) is 1. The average Bonchev–Trinajstić information content (AvgIpc) is 2.98. The van der Waals surface area contributed by atoms with Crippen molar-refractivity contribution in [3.05, 3.63) is 48.3 Å². The van der Waals surface area contributed by atoms with Crippen LogP contribution in [0.1, 0.15) is 13.8 Å². The summed E-state index contributed by atoms with van der Waals surface area (Å²) in [7, 11) is -3.83. The van der Waals surface area contributed by atoms with Crippen molar-refractivity contribution in [2.45, 2.75) is 35.7 Å². The highest BCUT2D eigenvalue weighted by atomic mass is 32.2. The number of carbonyl (C=O) groups is 1. The molecule has 0 fully saturated rings. The van der Waals surface area contributed by atoms with Crippen LogP contribution < -0.4 is 10.5 Å². The lowest BCUT2D eigenvalue weighted by atomic mass is 10.3. The minimum atomic E-state index is -3.83. The van der Waals surface area contributed by atoms with Crippen LogP contribution in [-0.4, -0.2) is 29.1 Å². The molecule has 148 valence electrons. The van der Waals surface area contributed by atoms with E-state index >= 15 is 0 Å². The van der Waals surface area contributed by atoms with E-state index in [4.69, 9.17) is 5.14 Å². The van der Waals surface area contributed by atoms with Crippen LogP contribution in [0.4, 0.5) is 10.1 Å². The van der Waals surface area contributed by atoms with Crippen molar-refractivity contribution in [3.63, 3.8) is 0 Å². The fourth-order valence-electron chi connectivity index (χ4n) is 2.65. The maximum atomic E-state index is 13.0. The van der Waals surface area contributed by atoms with Crippen LogP contribution in [0.25, 0.3) is 11.0 Å². The van der Waals surface area contributed by atoms with Crippen LogP contribution in [0.15, 0.2) is 52.5 Å². The molecule has 10 heteroatoms.